The molecule has 0 saturated carbocycles. The second-order valence-electron chi connectivity index (χ2n) is 4.56. The van der Waals surface area contributed by atoms with Crippen LogP contribution in [0.5, 0.6) is 0 Å². The fraction of sp³-hybridized carbons (Fsp3) is 0.308. The van der Waals surface area contributed by atoms with Crippen LogP contribution in [0.4, 0.5) is 5.82 Å². The van der Waals surface area contributed by atoms with Crippen LogP contribution >= 0.6 is 11.3 Å². The van der Waals surface area contributed by atoms with Crippen molar-refractivity contribution in [2.24, 2.45) is 7.05 Å². The summed E-state index contributed by atoms with van der Waals surface area (Å²) in [5, 5.41) is 4.45. The Morgan fingerprint density at radius 1 is 1.32 bits per heavy atom. The van der Waals surface area contributed by atoms with Crippen LogP contribution in [-0.4, -0.2) is 19.5 Å². The van der Waals surface area contributed by atoms with Gasteiger partial charge in [0.05, 0.1) is 17.9 Å². The molecule has 3 heterocycles. The van der Waals surface area contributed by atoms with E-state index in [1.807, 2.05) is 23.9 Å². The van der Waals surface area contributed by atoms with E-state index in [1.165, 1.54) is 4.88 Å². The summed E-state index contributed by atoms with van der Waals surface area (Å²) >= 11 is 1.70. The van der Waals surface area contributed by atoms with E-state index >= 15 is 0 Å². The summed E-state index contributed by atoms with van der Waals surface area (Å²) < 4.78 is 1.99. The number of thiazole rings is 1. The van der Waals surface area contributed by atoms with Gasteiger partial charge in [-0.3, -0.25) is 0 Å². The highest BCUT2D eigenvalue weighted by Gasteiger charge is 2.13. The van der Waals surface area contributed by atoms with Gasteiger partial charge in [-0.15, -0.1) is 11.3 Å². The molecule has 0 aliphatic heterocycles. The Labute approximate surface area is 115 Å². The van der Waals surface area contributed by atoms with E-state index in [4.69, 9.17) is 0 Å². The number of pyridine rings is 1. The lowest BCUT2D eigenvalue weighted by Crippen LogP contribution is -2.08. The van der Waals surface area contributed by atoms with Gasteiger partial charge in [0.15, 0.2) is 5.82 Å². The molecule has 0 fully saturated rings. The molecule has 5 nitrogen and oxygen atoms in total. The molecular weight excluding hydrogens is 258 g/mol. The minimum absolute atomic E-state index is 0.124. The van der Waals surface area contributed by atoms with Crippen molar-refractivity contribution in [3.8, 4) is 0 Å². The highest BCUT2D eigenvalue weighted by atomic mass is 32.1. The number of nitrogens with zero attached hydrogens (tertiary/aromatic N) is 4. The van der Waals surface area contributed by atoms with Gasteiger partial charge < -0.3 is 9.88 Å². The molecule has 3 rings (SSSR count). The van der Waals surface area contributed by atoms with Crippen molar-refractivity contribution in [2.75, 3.05) is 5.32 Å². The lowest BCUT2D eigenvalue weighted by atomic mass is 10.3. The Morgan fingerprint density at radius 2 is 2.16 bits per heavy atom. The zero-order chi connectivity index (χ0) is 13.4. The van der Waals surface area contributed by atoms with E-state index in [0.29, 0.717) is 0 Å². The second kappa shape index (κ2) is 4.62. The predicted molar refractivity (Wildman–Crippen MR) is 77.4 cm³/mol. The zero-order valence-corrected chi connectivity index (χ0v) is 11.9. The molecule has 0 aromatic carbocycles. The number of aryl methyl sites for hydroxylation is 2. The van der Waals surface area contributed by atoms with Gasteiger partial charge in [-0.1, -0.05) is 0 Å². The van der Waals surface area contributed by atoms with Crippen LogP contribution < -0.4 is 5.32 Å². The van der Waals surface area contributed by atoms with E-state index in [1.54, 1.807) is 23.9 Å². The van der Waals surface area contributed by atoms with Crippen LogP contribution in [0.3, 0.4) is 0 Å². The summed E-state index contributed by atoms with van der Waals surface area (Å²) in [5.41, 5.74) is 1.96. The second-order valence-corrected chi connectivity index (χ2v) is 5.82. The summed E-state index contributed by atoms with van der Waals surface area (Å²) in [6.07, 6.45) is 5.49. The van der Waals surface area contributed by atoms with Crippen molar-refractivity contribution in [3.05, 3.63) is 34.7 Å². The predicted octanol–water partition coefficient (Wildman–Crippen LogP) is 2.91. The lowest BCUT2D eigenvalue weighted by Gasteiger charge is -2.12. The maximum Gasteiger partial charge on any atom is 0.154 e. The first-order valence-corrected chi connectivity index (χ1v) is 6.91. The Kier molecular flexibility index (Phi) is 2.94. The molecule has 0 bridgehead atoms. The molecule has 6 heteroatoms. The topological polar surface area (TPSA) is 55.6 Å². The van der Waals surface area contributed by atoms with Gasteiger partial charge in [-0.25, -0.2) is 15.0 Å². The number of nitrogens with one attached hydrogen (secondary N) is 1. The van der Waals surface area contributed by atoms with E-state index in [9.17, 15) is 0 Å². The Hall–Kier alpha value is -1.95. The van der Waals surface area contributed by atoms with Crippen molar-refractivity contribution >= 4 is 28.2 Å². The Morgan fingerprint density at radius 3 is 2.89 bits per heavy atom. The van der Waals surface area contributed by atoms with Crippen LogP contribution in [0, 0.1) is 6.92 Å². The lowest BCUT2D eigenvalue weighted by molar-refractivity contribution is 0.862. The van der Waals surface area contributed by atoms with Crippen LogP contribution in [0.1, 0.15) is 22.9 Å². The van der Waals surface area contributed by atoms with E-state index < -0.39 is 0 Å². The molecule has 19 heavy (non-hydrogen) atoms. The molecule has 1 N–H and O–H groups in total. The molecule has 0 amide bonds. The third kappa shape index (κ3) is 2.19. The van der Waals surface area contributed by atoms with E-state index in [2.05, 4.69) is 34.1 Å². The number of hydrogen-bond donors (Lipinski definition) is 1. The molecule has 3 aromatic heterocycles. The summed E-state index contributed by atoms with van der Waals surface area (Å²) in [6.45, 7) is 4.15. The molecule has 0 aliphatic carbocycles. The van der Waals surface area contributed by atoms with Gasteiger partial charge in [0.25, 0.3) is 0 Å². The highest BCUT2D eigenvalue weighted by molar-refractivity contribution is 7.11. The Balaban J connectivity index is 1.93. The molecule has 0 aliphatic rings. The average molecular weight is 273 g/mol. The quantitative estimate of drug-likeness (QED) is 0.797. The highest BCUT2D eigenvalue weighted by Crippen LogP contribution is 2.25. The molecule has 0 spiro atoms. The van der Waals surface area contributed by atoms with Gasteiger partial charge in [0.1, 0.15) is 10.5 Å². The summed E-state index contributed by atoms with van der Waals surface area (Å²) in [4.78, 5) is 14.4. The van der Waals surface area contributed by atoms with Gasteiger partial charge in [0.2, 0.25) is 0 Å². The van der Waals surface area contributed by atoms with Crippen molar-refractivity contribution in [1.29, 1.82) is 0 Å². The smallest absolute Gasteiger partial charge is 0.154 e. The molecule has 98 valence electrons. The number of aromatic nitrogens is 4. The van der Waals surface area contributed by atoms with Crippen LogP contribution in [-0.2, 0) is 7.05 Å². The SMILES string of the molecule is Cc1cnc(C(C)Nc2nccc3c2ncn3C)s1. The van der Waals surface area contributed by atoms with Gasteiger partial charge in [-0.05, 0) is 19.9 Å². The number of imidazole rings is 1. The van der Waals surface area contributed by atoms with Gasteiger partial charge in [-0.2, -0.15) is 0 Å². The third-order valence-corrected chi connectivity index (χ3v) is 4.10. The maximum atomic E-state index is 4.40. The Bertz CT molecular complexity index is 715. The van der Waals surface area contributed by atoms with Gasteiger partial charge >= 0.3 is 0 Å². The van der Waals surface area contributed by atoms with Crippen LogP contribution in [0.25, 0.3) is 11.0 Å². The first-order valence-electron chi connectivity index (χ1n) is 6.10. The normalized spacial score (nSPS) is 12.8. The number of fused-ring (bicyclic) bond motifs is 1. The number of anilines is 1. The van der Waals surface area contributed by atoms with Crippen molar-refractivity contribution in [3.63, 3.8) is 0 Å². The molecule has 3 aromatic rings. The minimum atomic E-state index is 0.124. The van der Waals surface area contributed by atoms with Crippen molar-refractivity contribution < 1.29 is 0 Å². The fourth-order valence-electron chi connectivity index (χ4n) is 2.01. The monoisotopic (exact) mass is 273 g/mol. The minimum Gasteiger partial charge on any atom is -0.359 e. The van der Waals surface area contributed by atoms with Gasteiger partial charge in [0, 0.05) is 24.3 Å². The summed E-state index contributed by atoms with van der Waals surface area (Å²) in [5.74, 6) is 0.804. The molecular formula is C13H15N5S. The van der Waals surface area contributed by atoms with Crippen molar-refractivity contribution in [2.45, 2.75) is 19.9 Å². The largest absolute Gasteiger partial charge is 0.359 e. The van der Waals surface area contributed by atoms with E-state index in [-0.39, 0.29) is 6.04 Å². The fourth-order valence-corrected chi connectivity index (χ4v) is 2.78. The van der Waals surface area contributed by atoms with E-state index in [0.717, 1.165) is 21.9 Å². The third-order valence-electron chi connectivity index (χ3n) is 3.01. The summed E-state index contributed by atoms with van der Waals surface area (Å²) in [6, 6.07) is 2.09. The standard InChI is InChI=1S/C13H15N5S/c1-8-6-15-13(19-8)9(2)17-12-11-10(4-5-14-12)18(3)7-16-11/h4-7,9H,1-3H3,(H,14,17). The van der Waals surface area contributed by atoms with Crippen molar-refractivity contribution in [1.82, 2.24) is 19.5 Å². The molecule has 0 radical (unpaired) electrons. The molecule has 0 saturated heterocycles. The zero-order valence-electron chi connectivity index (χ0n) is 11.1. The summed E-state index contributed by atoms with van der Waals surface area (Å²) in [7, 11) is 1.98. The number of hydrogen-bond acceptors (Lipinski definition) is 5. The van der Waals surface area contributed by atoms with Crippen LogP contribution in [0.15, 0.2) is 24.8 Å². The number of rotatable bonds is 3. The maximum absolute atomic E-state index is 4.40. The molecule has 1 unspecified atom stereocenters. The van der Waals surface area contributed by atoms with Crippen LogP contribution in [0.2, 0.25) is 0 Å². The first-order chi connectivity index (χ1) is 9.15. The molecule has 1 atom stereocenters. The average Bonchev–Trinajstić information content (AvgIpc) is 2.98. The first kappa shape index (κ1) is 12.1.